The van der Waals surface area contributed by atoms with Gasteiger partial charge in [0.15, 0.2) is 0 Å². The van der Waals surface area contributed by atoms with Crippen LogP contribution in [-0.4, -0.2) is 23.1 Å². The van der Waals surface area contributed by atoms with Crippen molar-refractivity contribution in [2.24, 2.45) is 0 Å². The highest BCUT2D eigenvalue weighted by molar-refractivity contribution is 5.92. The Morgan fingerprint density at radius 3 is 2.17 bits per heavy atom. The van der Waals surface area contributed by atoms with Gasteiger partial charge in [0.1, 0.15) is 6.10 Å². The summed E-state index contributed by atoms with van der Waals surface area (Å²) in [6, 6.07) is 15.7. The maximum Gasteiger partial charge on any atom is 0.338 e. The highest BCUT2D eigenvalue weighted by atomic mass is 16.5. The second-order valence-electron chi connectivity index (χ2n) is 5.39. The van der Waals surface area contributed by atoms with E-state index in [1.807, 2.05) is 37.3 Å². The van der Waals surface area contributed by atoms with Crippen LogP contribution < -0.4 is 0 Å². The van der Waals surface area contributed by atoms with Crippen LogP contribution in [0.4, 0.5) is 0 Å². The van der Waals surface area contributed by atoms with Crippen molar-refractivity contribution < 1.29 is 19.4 Å². The summed E-state index contributed by atoms with van der Waals surface area (Å²) < 4.78 is 5.59. The van der Waals surface area contributed by atoms with Crippen LogP contribution in [0.2, 0.25) is 0 Å². The Labute approximate surface area is 135 Å². The van der Waals surface area contributed by atoms with Crippen LogP contribution in [0.5, 0.6) is 0 Å². The number of esters is 1. The van der Waals surface area contributed by atoms with E-state index in [4.69, 9.17) is 9.84 Å². The summed E-state index contributed by atoms with van der Waals surface area (Å²) in [5, 5.41) is 8.88. The van der Waals surface area contributed by atoms with E-state index in [0.29, 0.717) is 12.0 Å². The zero-order valence-corrected chi connectivity index (χ0v) is 13.1. The second kappa shape index (κ2) is 8.13. The number of carbonyl (C=O) groups excluding carboxylic acids is 1. The van der Waals surface area contributed by atoms with Crippen molar-refractivity contribution in [3.05, 3.63) is 71.3 Å². The van der Waals surface area contributed by atoms with Gasteiger partial charge in [-0.2, -0.15) is 0 Å². The first kappa shape index (κ1) is 16.7. The van der Waals surface area contributed by atoms with Crippen molar-refractivity contribution in [1.82, 2.24) is 0 Å². The molecule has 0 fully saturated rings. The summed E-state index contributed by atoms with van der Waals surface area (Å²) >= 11 is 0. The molecule has 0 saturated heterocycles. The van der Waals surface area contributed by atoms with Crippen LogP contribution in [0.25, 0.3) is 0 Å². The van der Waals surface area contributed by atoms with E-state index in [1.165, 1.54) is 24.3 Å². The molecule has 4 heteroatoms. The van der Waals surface area contributed by atoms with E-state index < -0.39 is 11.9 Å². The van der Waals surface area contributed by atoms with Gasteiger partial charge in [-0.1, -0.05) is 43.7 Å². The van der Waals surface area contributed by atoms with Crippen molar-refractivity contribution >= 4 is 11.9 Å². The van der Waals surface area contributed by atoms with Crippen LogP contribution in [0, 0.1) is 0 Å². The Morgan fingerprint density at radius 2 is 1.61 bits per heavy atom. The Balaban J connectivity index is 2.03. The number of rotatable bonds is 7. The number of benzene rings is 2. The lowest BCUT2D eigenvalue weighted by Crippen LogP contribution is -2.20. The average Bonchev–Trinajstić information content (AvgIpc) is 2.56. The molecule has 0 bridgehead atoms. The van der Waals surface area contributed by atoms with E-state index in [-0.39, 0.29) is 11.7 Å². The summed E-state index contributed by atoms with van der Waals surface area (Å²) in [6.07, 6.45) is 2.19. The molecule has 0 aliphatic heterocycles. The lowest BCUT2D eigenvalue weighted by Gasteiger charge is -2.17. The molecule has 2 rings (SSSR count). The highest BCUT2D eigenvalue weighted by Crippen LogP contribution is 2.14. The third-order valence-electron chi connectivity index (χ3n) is 3.56. The molecule has 120 valence electrons. The first-order chi connectivity index (χ1) is 11.1. The minimum atomic E-state index is -1.02. The maximum absolute atomic E-state index is 12.2. The number of aromatic carboxylic acids is 1. The van der Waals surface area contributed by atoms with Crippen molar-refractivity contribution in [1.29, 1.82) is 0 Å². The minimum Gasteiger partial charge on any atom is -0.478 e. The van der Waals surface area contributed by atoms with E-state index in [1.54, 1.807) is 0 Å². The first-order valence-corrected chi connectivity index (χ1v) is 7.68. The van der Waals surface area contributed by atoms with Crippen LogP contribution in [-0.2, 0) is 11.2 Å². The van der Waals surface area contributed by atoms with Crippen molar-refractivity contribution in [3.8, 4) is 0 Å². The van der Waals surface area contributed by atoms with Gasteiger partial charge in [-0.05, 0) is 36.2 Å². The summed E-state index contributed by atoms with van der Waals surface area (Å²) in [4.78, 5) is 23.1. The van der Waals surface area contributed by atoms with Crippen molar-refractivity contribution in [2.45, 2.75) is 32.3 Å². The van der Waals surface area contributed by atoms with Crippen LogP contribution in [0.15, 0.2) is 54.6 Å². The Bertz CT molecular complexity index is 647. The molecule has 0 heterocycles. The molecular formula is C19H20O4. The normalized spacial score (nSPS) is 11.7. The quantitative estimate of drug-likeness (QED) is 0.786. The number of carboxylic acid groups (broad SMARTS) is 1. The largest absolute Gasteiger partial charge is 0.478 e. The van der Waals surface area contributed by atoms with Gasteiger partial charge in [0, 0.05) is 6.42 Å². The van der Waals surface area contributed by atoms with Crippen molar-refractivity contribution in [3.63, 3.8) is 0 Å². The smallest absolute Gasteiger partial charge is 0.338 e. The predicted molar refractivity (Wildman–Crippen MR) is 87.7 cm³/mol. The molecule has 1 N–H and O–H groups in total. The molecular weight excluding hydrogens is 292 g/mol. The maximum atomic E-state index is 12.2. The topological polar surface area (TPSA) is 63.6 Å². The van der Waals surface area contributed by atoms with Gasteiger partial charge in [0.25, 0.3) is 0 Å². The summed E-state index contributed by atoms with van der Waals surface area (Å²) in [5.74, 6) is -1.44. The summed E-state index contributed by atoms with van der Waals surface area (Å²) in [5.41, 5.74) is 1.64. The third kappa shape index (κ3) is 4.95. The SMILES string of the molecule is CCCC(Cc1ccccc1)OC(=O)c1ccc(C(=O)O)cc1. The van der Waals surface area contributed by atoms with Crippen LogP contribution in [0.1, 0.15) is 46.0 Å². The molecule has 0 radical (unpaired) electrons. The highest BCUT2D eigenvalue weighted by Gasteiger charge is 2.16. The number of carboxylic acids is 1. The zero-order valence-electron chi connectivity index (χ0n) is 13.1. The minimum absolute atomic E-state index is 0.149. The summed E-state index contributed by atoms with van der Waals surface area (Å²) in [7, 11) is 0. The molecule has 0 aliphatic carbocycles. The number of hydrogen-bond donors (Lipinski definition) is 1. The molecule has 2 aromatic rings. The molecule has 0 aromatic heterocycles. The van der Waals surface area contributed by atoms with Gasteiger partial charge in [-0.25, -0.2) is 9.59 Å². The van der Waals surface area contributed by atoms with E-state index >= 15 is 0 Å². The Hall–Kier alpha value is -2.62. The number of hydrogen-bond acceptors (Lipinski definition) is 3. The van der Waals surface area contributed by atoms with Crippen molar-refractivity contribution in [2.75, 3.05) is 0 Å². The molecule has 1 unspecified atom stereocenters. The summed E-state index contributed by atoms with van der Waals surface area (Å²) in [6.45, 7) is 2.05. The fraction of sp³-hybridized carbons (Fsp3) is 0.263. The first-order valence-electron chi connectivity index (χ1n) is 7.68. The fourth-order valence-electron chi connectivity index (χ4n) is 2.37. The monoisotopic (exact) mass is 312 g/mol. The number of ether oxygens (including phenoxy) is 1. The fourth-order valence-corrected chi connectivity index (χ4v) is 2.37. The van der Waals surface area contributed by atoms with Gasteiger partial charge in [0.05, 0.1) is 11.1 Å². The average molecular weight is 312 g/mol. The standard InChI is InChI=1S/C19H20O4/c1-2-6-17(13-14-7-4-3-5-8-14)23-19(22)16-11-9-15(10-12-16)18(20)21/h3-5,7-12,17H,2,6,13H2,1H3,(H,20,21). The molecule has 23 heavy (non-hydrogen) atoms. The van der Waals surface area contributed by atoms with Gasteiger partial charge in [-0.3, -0.25) is 0 Å². The van der Waals surface area contributed by atoms with Gasteiger partial charge >= 0.3 is 11.9 Å². The van der Waals surface area contributed by atoms with Gasteiger partial charge in [-0.15, -0.1) is 0 Å². The molecule has 4 nitrogen and oxygen atoms in total. The molecule has 0 saturated carbocycles. The van der Waals surface area contributed by atoms with Crippen LogP contribution in [0.3, 0.4) is 0 Å². The van der Waals surface area contributed by atoms with Gasteiger partial charge in [0.2, 0.25) is 0 Å². The Kier molecular flexibility index (Phi) is 5.92. The Morgan fingerprint density at radius 1 is 1.00 bits per heavy atom. The molecule has 0 spiro atoms. The van der Waals surface area contributed by atoms with E-state index in [2.05, 4.69) is 0 Å². The molecule has 2 aromatic carbocycles. The van der Waals surface area contributed by atoms with Gasteiger partial charge < -0.3 is 9.84 Å². The van der Waals surface area contributed by atoms with Crippen LogP contribution >= 0.6 is 0 Å². The second-order valence-corrected chi connectivity index (χ2v) is 5.39. The van der Waals surface area contributed by atoms with E-state index in [0.717, 1.165) is 18.4 Å². The number of carbonyl (C=O) groups is 2. The zero-order chi connectivity index (χ0) is 16.7. The molecule has 1 atom stereocenters. The third-order valence-corrected chi connectivity index (χ3v) is 3.56. The lowest BCUT2D eigenvalue weighted by atomic mass is 10.0. The lowest BCUT2D eigenvalue weighted by molar-refractivity contribution is 0.0281. The van der Waals surface area contributed by atoms with E-state index in [9.17, 15) is 9.59 Å². The molecule has 0 aliphatic rings. The predicted octanol–water partition coefficient (Wildman–Crippen LogP) is 3.95. The molecule has 0 amide bonds.